The van der Waals surface area contributed by atoms with Crippen LogP contribution in [0.25, 0.3) is 0 Å². The highest BCUT2D eigenvalue weighted by molar-refractivity contribution is 6.07. The predicted molar refractivity (Wildman–Crippen MR) is 95.4 cm³/mol. The Kier molecular flexibility index (Phi) is 4.38. The molecule has 7 heteroatoms. The zero-order chi connectivity index (χ0) is 18.1. The van der Waals surface area contributed by atoms with Gasteiger partial charge in [0.25, 0.3) is 5.91 Å². The number of rotatable bonds is 2. The number of ether oxygens (including phenoxy) is 1. The van der Waals surface area contributed by atoms with E-state index in [2.05, 4.69) is 14.9 Å². The Balaban J connectivity index is 1.50. The van der Waals surface area contributed by atoms with Gasteiger partial charge in [-0.05, 0) is 38.7 Å². The van der Waals surface area contributed by atoms with Crippen molar-refractivity contribution < 1.29 is 14.3 Å². The van der Waals surface area contributed by atoms with Gasteiger partial charge in [0.15, 0.2) is 0 Å². The number of nitrogens with zero attached hydrogens (tertiary/aromatic N) is 4. The SMILES string of the molecule is CC1=C(C(=O)N2CCN(c3ncccn3)CC2)C2(CCCCC2)OC1=O. The number of anilines is 1. The Hall–Kier alpha value is -2.44. The first-order chi connectivity index (χ1) is 12.6. The number of aromatic nitrogens is 2. The molecule has 3 heterocycles. The molecule has 0 radical (unpaired) electrons. The molecule has 138 valence electrons. The number of piperazine rings is 1. The van der Waals surface area contributed by atoms with Crippen molar-refractivity contribution in [1.29, 1.82) is 0 Å². The maximum Gasteiger partial charge on any atom is 0.335 e. The van der Waals surface area contributed by atoms with Crippen molar-refractivity contribution in [3.05, 3.63) is 29.6 Å². The minimum Gasteiger partial charge on any atom is -0.451 e. The first kappa shape index (κ1) is 17.0. The number of esters is 1. The summed E-state index contributed by atoms with van der Waals surface area (Å²) >= 11 is 0. The summed E-state index contributed by atoms with van der Waals surface area (Å²) in [6, 6.07) is 1.79. The molecule has 7 nitrogen and oxygen atoms in total. The minimum absolute atomic E-state index is 0.0381. The highest BCUT2D eigenvalue weighted by atomic mass is 16.6. The third-order valence-corrected chi connectivity index (χ3v) is 5.70. The predicted octanol–water partition coefficient (Wildman–Crippen LogP) is 1.70. The largest absolute Gasteiger partial charge is 0.451 e. The van der Waals surface area contributed by atoms with Crippen LogP contribution >= 0.6 is 0 Å². The fourth-order valence-electron chi connectivity index (χ4n) is 4.30. The summed E-state index contributed by atoms with van der Waals surface area (Å²) in [5.74, 6) is 0.327. The van der Waals surface area contributed by atoms with E-state index in [9.17, 15) is 9.59 Å². The van der Waals surface area contributed by atoms with E-state index in [4.69, 9.17) is 4.74 Å². The average molecular weight is 356 g/mol. The van der Waals surface area contributed by atoms with E-state index in [1.54, 1.807) is 25.4 Å². The van der Waals surface area contributed by atoms with E-state index < -0.39 is 5.60 Å². The van der Waals surface area contributed by atoms with Crippen LogP contribution in [-0.4, -0.2) is 58.5 Å². The summed E-state index contributed by atoms with van der Waals surface area (Å²) in [6.07, 6.45) is 8.09. The van der Waals surface area contributed by atoms with Crippen molar-refractivity contribution >= 4 is 17.8 Å². The molecule has 0 atom stereocenters. The number of carbonyl (C=O) groups excluding carboxylic acids is 2. The maximum absolute atomic E-state index is 13.3. The molecule has 2 aliphatic heterocycles. The second kappa shape index (κ2) is 6.70. The number of carbonyl (C=O) groups is 2. The quantitative estimate of drug-likeness (QED) is 0.751. The topological polar surface area (TPSA) is 75.6 Å². The lowest BCUT2D eigenvalue weighted by Crippen LogP contribution is -2.51. The van der Waals surface area contributed by atoms with Gasteiger partial charge in [-0.25, -0.2) is 14.8 Å². The third kappa shape index (κ3) is 2.85. The zero-order valence-electron chi connectivity index (χ0n) is 15.1. The first-order valence-corrected chi connectivity index (χ1v) is 9.37. The van der Waals surface area contributed by atoms with Crippen LogP contribution in [0.5, 0.6) is 0 Å². The van der Waals surface area contributed by atoms with Crippen molar-refractivity contribution in [2.24, 2.45) is 0 Å². The van der Waals surface area contributed by atoms with Gasteiger partial charge in [-0.1, -0.05) is 6.42 Å². The molecular formula is C19H24N4O3. The van der Waals surface area contributed by atoms with Gasteiger partial charge in [-0.2, -0.15) is 0 Å². The Morgan fingerprint density at radius 1 is 1.08 bits per heavy atom. The standard InChI is InChI=1S/C19H24N4O3/c1-14-15(19(26-17(14)25)6-3-2-4-7-19)16(24)22-10-12-23(13-11-22)18-20-8-5-9-21-18/h5,8-9H,2-4,6-7,10-13H2,1H3. The Morgan fingerprint density at radius 3 is 2.38 bits per heavy atom. The van der Waals surface area contributed by atoms with Crippen molar-refractivity contribution in [3.8, 4) is 0 Å². The van der Waals surface area contributed by atoms with Crippen LogP contribution in [0.1, 0.15) is 39.0 Å². The minimum atomic E-state index is -0.684. The molecule has 0 bridgehead atoms. The molecule has 1 aromatic heterocycles. The van der Waals surface area contributed by atoms with E-state index in [1.807, 2.05) is 4.90 Å². The van der Waals surface area contributed by atoms with Crippen molar-refractivity contribution in [2.75, 3.05) is 31.1 Å². The van der Waals surface area contributed by atoms with Crippen LogP contribution in [0.2, 0.25) is 0 Å². The van der Waals surface area contributed by atoms with Gasteiger partial charge in [-0.3, -0.25) is 4.79 Å². The van der Waals surface area contributed by atoms with E-state index in [1.165, 1.54) is 0 Å². The van der Waals surface area contributed by atoms with Crippen LogP contribution in [0.15, 0.2) is 29.6 Å². The first-order valence-electron chi connectivity index (χ1n) is 9.37. The molecule has 3 aliphatic rings. The molecule has 0 unspecified atom stereocenters. The highest BCUT2D eigenvalue weighted by Gasteiger charge is 2.50. The Bertz CT molecular complexity index is 732. The van der Waals surface area contributed by atoms with Crippen LogP contribution in [-0.2, 0) is 14.3 Å². The molecule has 1 amide bonds. The summed E-state index contributed by atoms with van der Waals surface area (Å²) in [5, 5.41) is 0. The second-order valence-corrected chi connectivity index (χ2v) is 7.27. The van der Waals surface area contributed by atoms with Crippen LogP contribution in [0.4, 0.5) is 5.95 Å². The average Bonchev–Trinajstić information content (AvgIpc) is 2.92. The van der Waals surface area contributed by atoms with Crippen LogP contribution in [0, 0.1) is 0 Å². The molecule has 0 aromatic carbocycles. The summed E-state index contributed by atoms with van der Waals surface area (Å²) in [6.45, 7) is 4.29. The van der Waals surface area contributed by atoms with E-state index in [-0.39, 0.29) is 11.9 Å². The molecule has 1 saturated carbocycles. The van der Waals surface area contributed by atoms with Gasteiger partial charge in [-0.15, -0.1) is 0 Å². The number of hydrogen-bond donors (Lipinski definition) is 0. The summed E-state index contributed by atoms with van der Waals surface area (Å²) in [5.41, 5.74) is 0.410. The highest BCUT2D eigenvalue weighted by Crippen LogP contribution is 2.44. The molecule has 26 heavy (non-hydrogen) atoms. The van der Waals surface area contributed by atoms with Crippen molar-refractivity contribution in [3.63, 3.8) is 0 Å². The molecule has 1 aromatic rings. The fraction of sp³-hybridized carbons (Fsp3) is 0.579. The Labute approximate surface area is 153 Å². The van der Waals surface area contributed by atoms with Gasteiger partial charge in [0.2, 0.25) is 5.95 Å². The molecule has 0 N–H and O–H groups in total. The number of hydrogen-bond acceptors (Lipinski definition) is 6. The van der Waals surface area contributed by atoms with Gasteiger partial charge in [0.1, 0.15) is 5.60 Å². The molecule has 2 fully saturated rings. The van der Waals surface area contributed by atoms with Gasteiger partial charge < -0.3 is 14.5 Å². The Morgan fingerprint density at radius 2 is 1.73 bits per heavy atom. The zero-order valence-corrected chi connectivity index (χ0v) is 15.1. The molecule has 1 spiro atoms. The smallest absolute Gasteiger partial charge is 0.335 e. The van der Waals surface area contributed by atoms with Crippen LogP contribution in [0.3, 0.4) is 0 Å². The fourth-order valence-corrected chi connectivity index (χ4v) is 4.30. The van der Waals surface area contributed by atoms with E-state index >= 15 is 0 Å². The maximum atomic E-state index is 13.3. The van der Waals surface area contributed by atoms with Crippen molar-refractivity contribution in [2.45, 2.75) is 44.6 Å². The summed E-state index contributed by atoms with van der Waals surface area (Å²) in [7, 11) is 0. The van der Waals surface area contributed by atoms with Crippen LogP contribution < -0.4 is 4.90 Å². The molecule has 1 aliphatic carbocycles. The van der Waals surface area contributed by atoms with Gasteiger partial charge in [0.05, 0.1) is 5.57 Å². The molecule has 1 saturated heterocycles. The van der Waals surface area contributed by atoms with Crippen molar-refractivity contribution in [1.82, 2.24) is 14.9 Å². The van der Waals surface area contributed by atoms with E-state index in [0.717, 1.165) is 32.1 Å². The summed E-state index contributed by atoms with van der Waals surface area (Å²) in [4.78, 5) is 37.9. The lowest BCUT2D eigenvalue weighted by Gasteiger charge is -2.39. The molecular weight excluding hydrogens is 332 g/mol. The van der Waals surface area contributed by atoms with E-state index in [0.29, 0.717) is 43.3 Å². The lowest BCUT2D eigenvalue weighted by atomic mass is 9.78. The molecule has 4 rings (SSSR count). The van der Waals surface area contributed by atoms with Gasteiger partial charge >= 0.3 is 5.97 Å². The number of amides is 1. The second-order valence-electron chi connectivity index (χ2n) is 7.27. The summed E-state index contributed by atoms with van der Waals surface area (Å²) < 4.78 is 5.73. The third-order valence-electron chi connectivity index (χ3n) is 5.70. The lowest BCUT2D eigenvalue weighted by molar-refractivity contribution is -0.150. The monoisotopic (exact) mass is 356 g/mol. The normalized spacial score (nSPS) is 22.7. The van der Waals surface area contributed by atoms with Gasteiger partial charge in [0, 0.05) is 44.1 Å².